The van der Waals surface area contributed by atoms with Crippen molar-refractivity contribution in [3.63, 3.8) is 0 Å². The van der Waals surface area contributed by atoms with Gasteiger partial charge in [-0.25, -0.2) is 0 Å². The Morgan fingerprint density at radius 2 is 1.86 bits per heavy atom. The summed E-state index contributed by atoms with van der Waals surface area (Å²) < 4.78 is 18.6. The second kappa shape index (κ2) is 16.2. The topological polar surface area (TPSA) is 137 Å². The highest BCUT2D eigenvalue weighted by atomic mass is 35.5. The van der Waals surface area contributed by atoms with Crippen LogP contribution in [-0.2, 0) is 24.6 Å². The standard InChI is InChI=1S/C39H41ClN6O5/c1-4-6-33(38(47)48)43-22-30-16-32(40)37(18-36(30)49-23-27-15-26(19-41)20-42-21-27)50-24-29-7-5-8-31(25(29)2)28-9-10-35-34(17-28)44-39(51-35)46-13-11-45(3)12-14-46/h5,7-10,15-18,20-21,33,43H,4,6,11-14,22-24H2,1-3H3,(H,47,48)/t33-/m0/s1. The van der Waals surface area contributed by atoms with Crippen molar-refractivity contribution in [2.24, 2.45) is 0 Å². The van der Waals surface area contributed by atoms with E-state index in [2.05, 4.69) is 58.3 Å². The van der Waals surface area contributed by atoms with Gasteiger partial charge in [-0.3, -0.25) is 9.78 Å². The average molecular weight is 709 g/mol. The predicted octanol–water partition coefficient (Wildman–Crippen LogP) is 6.98. The van der Waals surface area contributed by atoms with Gasteiger partial charge in [0.15, 0.2) is 5.58 Å². The van der Waals surface area contributed by atoms with Gasteiger partial charge in [0, 0.05) is 62.3 Å². The molecular weight excluding hydrogens is 668 g/mol. The number of anilines is 1. The maximum absolute atomic E-state index is 11.8. The summed E-state index contributed by atoms with van der Waals surface area (Å²) in [6.45, 7) is 8.33. The quantitative estimate of drug-likeness (QED) is 0.124. The van der Waals surface area contributed by atoms with Crippen molar-refractivity contribution in [3.05, 3.63) is 99.8 Å². The van der Waals surface area contributed by atoms with Gasteiger partial charge in [-0.15, -0.1) is 0 Å². The van der Waals surface area contributed by atoms with Crippen molar-refractivity contribution in [2.75, 3.05) is 38.1 Å². The third kappa shape index (κ3) is 8.60. The molecule has 5 aromatic rings. The lowest BCUT2D eigenvalue weighted by atomic mass is 9.96. The highest BCUT2D eigenvalue weighted by molar-refractivity contribution is 6.32. The largest absolute Gasteiger partial charge is 0.488 e. The van der Waals surface area contributed by atoms with E-state index in [4.69, 9.17) is 30.5 Å². The monoisotopic (exact) mass is 708 g/mol. The molecule has 264 valence electrons. The Morgan fingerprint density at radius 1 is 1.06 bits per heavy atom. The Kier molecular flexibility index (Phi) is 11.4. The fraction of sp³-hybridized carbons (Fsp3) is 0.333. The number of carbonyl (C=O) groups is 1. The van der Waals surface area contributed by atoms with Gasteiger partial charge in [-0.2, -0.15) is 10.2 Å². The van der Waals surface area contributed by atoms with Crippen LogP contribution in [-0.4, -0.2) is 65.2 Å². The van der Waals surface area contributed by atoms with E-state index >= 15 is 0 Å². The van der Waals surface area contributed by atoms with Crippen LogP contribution < -0.4 is 19.7 Å². The number of carboxylic acid groups (broad SMARTS) is 1. The van der Waals surface area contributed by atoms with Gasteiger partial charge >= 0.3 is 5.97 Å². The van der Waals surface area contributed by atoms with E-state index in [-0.39, 0.29) is 19.8 Å². The van der Waals surface area contributed by atoms with Gasteiger partial charge in [0.05, 0.1) is 10.6 Å². The molecule has 1 atom stereocenters. The predicted molar refractivity (Wildman–Crippen MR) is 196 cm³/mol. The molecular formula is C39H41ClN6O5. The minimum Gasteiger partial charge on any atom is -0.488 e. The lowest BCUT2D eigenvalue weighted by Gasteiger charge is -2.31. The summed E-state index contributed by atoms with van der Waals surface area (Å²) >= 11 is 6.76. The van der Waals surface area contributed by atoms with Gasteiger partial charge in [0.25, 0.3) is 6.01 Å². The number of nitriles is 1. The minimum atomic E-state index is -0.918. The first-order chi connectivity index (χ1) is 24.7. The maximum Gasteiger partial charge on any atom is 0.320 e. The summed E-state index contributed by atoms with van der Waals surface area (Å²) in [6.07, 6.45) is 4.32. The molecule has 3 aromatic carbocycles. The number of nitrogens with zero attached hydrogens (tertiary/aromatic N) is 5. The summed E-state index contributed by atoms with van der Waals surface area (Å²) in [5, 5.41) is 22.4. The summed E-state index contributed by atoms with van der Waals surface area (Å²) in [7, 11) is 2.12. The fourth-order valence-corrected chi connectivity index (χ4v) is 6.35. The molecule has 2 aromatic heterocycles. The Hall–Kier alpha value is -5.15. The zero-order chi connectivity index (χ0) is 35.9. The van der Waals surface area contributed by atoms with E-state index in [0.717, 1.165) is 66.0 Å². The van der Waals surface area contributed by atoms with Crippen molar-refractivity contribution in [1.29, 1.82) is 5.26 Å². The second-order valence-electron chi connectivity index (χ2n) is 12.8. The molecule has 0 spiro atoms. The molecule has 2 N–H and O–H groups in total. The lowest BCUT2D eigenvalue weighted by Crippen LogP contribution is -2.44. The number of benzene rings is 3. The van der Waals surface area contributed by atoms with Crippen LogP contribution in [0, 0.1) is 18.3 Å². The van der Waals surface area contributed by atoms with Crippen molar-refractivity contribution in [2.45, 2.75) is 52.5 Å². The molecule has 3 heterocycles. The number of aliphatic carboxylic acids is 1. The molecule has 11 nitrogen and oxygen atoms in total. The van der Waals surface area contributed by atoms with Crippen LogP contribution in [0.2, 0.25) is 5.02 Å². The first kappa shape index (κ1) is 35.7. The summed E-state index contributed by atoms with van der Waals surface area (Å²) in [5.74, 6) is -0.0149. The number of piperazine rings is 1. The first-order valence-corrected chi connectivity index (χ1v) is 17.4. The molecule has 12 heteroatoms. The number of carboxylic acids is 1. The summed E-state index contributed by atoms with van der Waals surface area (Å²) in [5.41, 5.74) is 7.53. The zero-order valence-electron chi connectivity index (χ0n) is 29.0. The number of rotatable bonds is 14. The molecule has 0 aliphatic carbocycles. The SMILES string of the molecule is CCC[C@H](NCc1cc(Cl)c(OCc2cccc(-c3ccc4oc(N5CCN(C)CC5)nc4c3)c2C)cc1OCc1cncc(C#N)c1)C(=O)O. The normalized spacial score (nSPS) is 14.0. The van der Waals surface area contributed by atoms with Crippen LogP contribution in [0.3, 0.4) is 0 Å². The van der Waals surface area contributed by atoms with Crippen LogP contribution in [0.25, 0.3) is 22.2 Å². The van der Waals surface area contributed by atoms with Crippen molar-refractivity contribution >= 4 is 34.7 Å². The van der Waals surface area contributed by atoms with Crippen LogP contribution in [0.5, 0.6) is 11.5 Å². The Bertz CT molecular complexity index is 2050. The van der Waals surface area contributed by atoms with E-state index < -0.39 is 12.0 Å². The number of nitrogens with one attached hydrogen (secondary N) is 1. The minimum absolute atomic E-state index is 0.141. The number of likely N-dealkylation sites (N-methyl/N-ethyl adjacent to an activating group) is 1. The van der Waals surface area contributed by atoms with E-state index in [1.165, 1.54) is 6.20 Å². The van der Waals surface area contributed by atoms with E-state index in [9.17, 15) is 15.2 Å². The lowest BCUT2D eigenvalue weighted by molar-refractivity contribution is -0.139. The molecule has 0 bridgehead atoms. The zero-order valence-corrected chi connectivity index (χ0v) is 29.7. The number of fused-ring (bicyclic) bond motifs is 1. The number of aromatic nitrogens is 2. The number of oxazole rings is 1. The van der Waals surface area contributed by atoms with Gasteiger partial charge in [0.1, 0.15) is 42.3 Å². The Morgan fingerprint density at radius 3 is 2.63 bits per heavy atom. The molecule has 0 unspecified atom stereocenters. The van der Waals surface area contributed by atoms with Crippen molar-refractivity contribution in [1.82, 2.24) is 20.2 Å². The van der Waals surface area contributed by atoms with Crippen LogP contribution in [0.4, 0.5) is 6.01 Å². The number of halogens is 1. The molecule has 1 fully saturated rings. The van der Waals surface area contributed by atoms with Crippen molar-refractivity contribution < 1.29 is 23.8 Å². The van der Waals surface area contributed by atoms with Crippen LogP contribution in [0.15, 0.2) is 71.4 Å². The van der Waals surface area contributed by atoms with Gasteiger partial charge < -0.3 is 34.1 Å². The smallest absolute Gasteiger partial charge is 0.320 e. The fourth-order valence-electron chi connectivity index (χ4n) is 6.11. The van der Waals surface area contributed by atoms with Gasteiger partial charge in [0.2, 0.25) is 0 Å². The number of ether oxygens (including phenoxy) is 2. The number of hydrogen-bond donors (Lipinski definition) is 2. The van der Waals surface area contributed by atoms with E-state index in [1.54, 1.807) is 24.4 Å². The van der Waals surface area contributed by atoms with E-state index in [0.29, 0.717) is 45.6 Å². The molecule has 1 aliphatic rings. The molecule has 1 saturated heterocycles. The van der Waals surface area contributed by atoms with Crippen LogP contribution >= 0.6 is 11.6 Å². The molecule has 0 amide bonds. The number of pyridine rings is 1. The molecule has 6 rings (SSSR count). The highest BCUT2D eigenvalue weighted by Crippen LogP contribution is 2.36. The summed E-state index contributed by atoms with van der Waals surface area (Å²) in [6, 6.07) is 19.4. The third-order valence-corrected chi connectivity index (χ3v) is 9.43. The molecule has 0 radical (unpaired) electrons. The average Bonchev–Trinajstić information content (AvgIpc) is 3.57. The van der Waals surface area contributed by atoms with Crippen LogP contribution in [0.1, 0.15) is 47.6 Å². The van der Waals surface area contributed by atoms with Crippen molar-refractivity contribution in [3.8, 4) is 28.7 Å². The first-order valence-electron chi connectivity index (χ1n) is 17.0. The van der Waals surface area contributed by atoms with Gasteiger partial charge in [-0.1, -0.05) is 49.2 Å². The molecule has 51 heavy (non-hydrogen) atoms. The maximum atomic E-state index is 11.8. The Balaban J connectivity index is 1.21. The molecule has 0 saturated carbocycles. The summed E-state index contributed by atoms with van der Waals surface area (Å²) in [4.78, 5) is 25.2. The van der Waals surface area contributed by atoms with E-state index in [1.807, 2.05) is 25.1 Å². The molecule has 1 aliphatic heterocycles. The van der Waals surface area contributed by atoms with Gasteiger partial charge in [-0.05, 0) is 66.9 Å². The second-order valence-corrected chi connectivity index (χ2v) is 13.2. The Labute approximate surface area is 302 Å². The highest BCUT2D eigenvalue weighted by Gasteiger charge is 2.21. The number of hydrogen-bond acceptors (Lipinski definition) is 10. The third-order valence-electron chi connectivity index (χ3n) is 9.14.